The highest BCUT2D eigenvalue weighted by Crippen LogP contribution is 2.17. The van der Waals surface area contributed by atoms with Crippen LogP contribution in [-0.2, 0) is 16.0 Å². The van der Waals surface area contributed by atoms with Gasteiger partial charge >= 0.3 is 5.97 Å². The minimum absolute atomic E-state index is 0.307. The SMILES string of the molecule is COc1ccc(CCNC(=O)COC(=O)c2ccc(-n3c(C)ccc3C)cc2)cc1. The number of nitrogens with zero attached hydrogens (tertiary/aromatic N) is 1. The molecule has 6 heteroatoms. The molecule has 0 spiro atoms. The number of hydrogen-bond donors (Lipinski definition) is 1. The van der Waals surface area contributed by atoms with Crippen molar-refractivity contribution in [2.24, 2.45) is 0 Å². The zero-order valence-corrected chi connectivity index (χ0v) is 17.5. The predicted molar refractivity (Wildman–Crippen MR) is 115 cm³/mol. The van der Waals surface area contributed by atoms with Crippen LogP contribution in [0.3, 0.4) is 0 Å². The van der Waals surface area contributed by atoms with Gasteiger partial charge < -0.3 is 19.4 Å². The van der Waals surface area contributed by atoms with E-state index < -0.39 is 5.97 Å². The number of hydrogen-bond acceptors (Lipinski definition) is 4. The fourth-order valence-corrected chi connectivity index (χ4v) is 3.23. The normalized spacial score (nSPS) is 10.5. The van der Waals surface area contributed by atoms with Gasteiger partial charge in [-0.15, -0.1) is 0 Å². The van der Waals surface area contributed by atoms with Gasteiger partial charge in [-0.2, -0.15) is 0 Å². The van der Waals surface area contributed by atoms with Crippen LogP contribution in [-0.4, -0.2) is 36.7 Å². The number of benzene rings is 2. The molecule has 0 saturated heterocycles. The molecule has 0 aliphatic heterocycles. The third-order valence-electron chi connectivity index (χ3n) is 4.86. The van der Waals surface area contributed by atoms with E-state index in [0.29, 0.717) is 18.5 Å². The number of rotatable bonds is 8. The Labute approximate surface area is 176 Å². The Kier molecular flexibility index (Phi) is 6.91. The molecule has 1 aromatic heterocycles. The van der Waals surface area contributed by atoms with Gasteiger partial charge in [0.25, 0.3) is 5.91 Å². The highest BCUT2D eigenvalue weighted by molar-refractivity contribution is 5.91. The molecule has 1 heterocycles. The van der Waals surface area contributed by atoms with Gasteiger partial charge in [0, 0.05) is 23.6 Å². The maximum atomic E-state index is 12.2. The Morgan fingerprint density at radius 3 is 2.13 bits per heavy atom. The monoisotopic (exact) mass is 406 g/mol. The predicted octanol–water partition coefficient (Wildman–Crippen LogP) is 3.62. The molecule has 0 aliphatic carbocycles. The number of esters is 1. The third kappa shape index (κ3) is 5.29. The molecule has 0 saturated carbocycles. The summed E-state index contributed by atoms with van der Waals surface area (Å²) < 4.78 is 12.3. The fourth-order valence-electron chi connectivity index (χ4n) is 3.23. The van der Waals surface area contributed by atoms with Crippen molar-refractivity contribution in [2.45, 2.75) is 20.3 Å². The Morgan fingerprint density at radius 1 is 0.900 bits per heavy atom. The summed E-state index contributed by atoms with van der Waals surface area (Å²) in [4.78, 5) is 24.2. The molecule has 3 rings (SSSR count). The van der Waals surface area contributed by atoms with E-state index in [0.717, 1.165) is 28.4 Å². The van der Waals surface area contributed by atoms with Crippen molar-refractivity contribution in [1.29, 1.82) is 0 Å². The van der Waals surface area contributed by atoms with Gasteiger partial charge in [0.1, 0.15) is 5.75 Å². The minimum atomic E-state index is -0.521. The van der Waals surface area contributed by atoms with E-state index in [9.17, 15) is 9.59 Å². The van der Waals surface area contributed by atoms with Crippen molar-refractivity contribution in [2.75, 3.05) is 20.3 Å². The van der Waals surface area contributed by atoms with Crippen LogP contribution in [0.5, 0.6) is 5.75 Å². The Balaban J connectivity index is 1.45. The first-order chi connectivity index (χ1) is 14.5. The van der Waals surface area contributed by atoms with Crippen molar-refractivity contribution < 1.29 is 19.1 Å². The van der Waals surface area contributed by atoms with E-state index in [2.05, 4.69) is 9.88 Å². The lowest BCUT2D eigenvalue weighted by Crippen LogP contribution is -2.30. The van der Waals surface area contributed by atoms with Crippen LogP contribution in [0, 0.1) is 13.8 Å². The summed E-state index contributed by atoms with van der Waals surface area (Å²) in [5.74, 6) is -0.0544. The Hall–Kier alpha value is -3.54. The quantitative estimate of drug-likeness (QED) is 0.580. The second-order valence-corrected chi connectivity index (χ2v) is 7.02. The van der Waals surface area contributed by atoms with Crippen molar-refractivity contribution in [3.8, 4) is 11.4 Å². The first-order valence-corrected chi connectivity index (χ1v) is 9.80. The van der Waals surface area contributed by atoms with Crippen LogP contribution >= 0.6 is 0 Å². The lowest BCUT2D eigenvalue weighted by molar-refractivity contribution is -0.124. The van der Waals surface area contributed by atoms with Crippen molar-refractivity contribution in [3.05, 3.63) is 83.2 Å². The van der Waals surface area contributed by atoms with Crippen LogP contribution in [0.15, 0.2) is 60.7 Å². The second-order valence-electron chi connectivity index (χ2n) is 7.02. The van der Waals surface area contributed by atoms with Crippen molar-refractivity contribution in [1.82, 2.24) is 9.88 Å². The number of carbonyl (C=O) groups excluding carboxylic acids is 2. The van der Waals surface area contributed by atoms with Gasteiger partial charge in [-0.05, 0) is 74.4 Å². The smallest absolute Gasteiger partial charge is 0.338 e. The Morgan fingerprint density at radius 2 is 1.53 bits per heavy atom. The molecule has 0 aliphatic rings. The second kappa shape index (κ2) is 9.78. The van der Waals surface area contributed by atoms with Gasteiger partial charge in [0.2, 0.25) is 0 Å². The number of ether oxygens (including phenoxy) is 2. The van der Waals surface area contributed by atoms with Crippen molar-refractivity contribution in [3.63, 3.8) is 0 Å². The Bertz CT molecular complexity index is 985. The molecular formula is C24H26N2O4. The van der Waals surface area contributed by atoms with Gasteiger partial charge in [0.05, 0.1) is 12.7 Å². The number of carbonyl (C=O) groups is 2. The standard InChI is InChI=1S/C24H26N2O4/c1-17-4-5-18(2)26(17)21-10-8-20(9-11-21)24(28)30-16-23(27)25-15-14-19-6-12-22(29-3)13-7-19/h4-13H,14-16H2,1-3H3,(H,25,27). The van der Waals surface area contributed by atoms with Crippen LogP contribution < -0.4 is 10.1 Å². The van der Waals surface area contributed by atoms with E-state index >= 15 is 0 Å². The molecule has 1 amide bonds. The first-order valence-electron chi connectivity index (χ1n) is 9.80. The number of aryl methyl sites for hydroxylation is 2. The van der Waals surface area contributed by atoms with Gasteiger partial charge in [-0.3, -0.25) is 4.79 Å². The lowest BCUT2D eigenvalue weighted by Gasteiger charge is -2.10. The average Bonchev–Trinajstić information content (AvgIpc) is 3.10. The molecule has 6 nitrogen and oxygen atoms in total. The summed E-state index contributed by atoms with van der Waals surface area (Å²) >= 11 is 0. The number of aromatic nitrogens is 1. The van der Waals surface area contributed by atoms with E-state index in [1.807, 2.05) is 62.4 Å². The van der Waals surface area contributed by atoms with Crippen LogP contribution in [0.1, 0.15) is 27.3 Å². The van der Waals surface area contributed by atoms with E-state index in [1.165, 1.54) is 0 Å². The number of nitrogens with one attached hydrogen (secondary N) is 1. The maximum Gasteiger partial charge on any atom is 0.338 e. The average molecular weight is 406 g/mol. The molecule has 0 atom stereocenters. The molecule has 3 aromatic rings. The van der Waals surface area contributed by atoms with Gasteiger partial charge in [0.15, 0.2) is 6.61 Å². The molecule has 0 radical (unpaired) electrons. The molecule has 0 fully saturated rings. The summed E-state index contributed by atoms with van der Waals surface area (Å²) in [5.41, 5.74) is 4.71. The number of amides is 1. The lowest BCUT2D eigenvalue weighted by atomic mass is 10.1. The zero-order valence-electron chi connectivity index (χ0n) is 17.5. The summed E-state index contributed by atoms with van der Waals surface area (Å²) in [5, 5.41) is 2.76. The van der Waals surface area contributed by atoms with E-state index in [1.54, 1.807) is 19.2 Å². The maximum absolute atomic E-state index is 12.2. The van der Waals surface area contributed by atoms with Gasteiger partial charge in [-0.25, -0.2) is 4.79 Å². The summed E-state index contributed by atoms with van der Waals surface area (Å²) in [6.45, 7) is 4.22. The zero-order chi connectivity index (χ0) is 21.5. The van der Waals surface area contributed by atoms with Crippen molar-refractivity contribution >= 4 is 11.9 Å². The summed E-state index contributed by atoms with van der Waals surface area (Å²) in [6.07, 6.45) is 0.684. The molecule has 0 unspecified atom stereocenters. The fraction of sp³-hybridized carbons (Fsp3) is 0.250. The number of methoxy groups -OCH3 is 1. The molecule has 1 N–H and O–H groups in total. The highest BCUT2D eigenvalue weighted by Gasteiger charge is 2.11. The van der Waals surface area contributed by atoms with Crippen LogP contribution in [0.4, 0.5) is 0 Å². The highest BCUT2D eigenvalue weighted by atomic mass is 16.5. The minimum Gasteiger partial charge on any atom is -0.497 e. The molecule has 30 heavy (non-hydrogen) atoms. The topological polar surface area (TPSA) is 69.6 Å². The first kappa shape index (κ1) is 21.2. The van der Waals surface area contributed by atoms with Gasteiger partial charge in [-0.1, -0.05) is 12.1 Å². The third-order valence-corrected chi connectivity index (χ3v) is 4.86. The van der Waals surface area contributed by atoms with Crippen LogP contribution in [0.2, 0.25) is 0 Å². The van der Waals surface area contributed by atoms with E-state index in [4.69, 9.17) is 9.47 Å². The molecule has 2 aromatic carbocycles. The van der Waals surface area contributed by atoms with E-state index in [-0.39, 0.29) is 12.5 Å². The summed E-state index contributed by atoms with van der Waals surface area (Å²) in [7, 11) is 1.62. The summed E-state index contributed by atoms with van der Waals surface area (Å²) in [6, 6.07) is 18.9. The largest absolute Gasteiger partial charge is 0.497 e. The molecular weight excluding hydrogens is 380 g/mol. The molecule has 156 valence electrons. The van der Waals surface area contributed by atoms with Crippen LogP contribution in [0.25, 0.3) is 5.69 Å². The molecule has 0 bridgehead atoms.